The molecule has 6 heteroatoms. The predicted octanol–water partition coefficient (Wildman–Crippen LogP) is 1.90. The lowest BCUT2D eigenvalue weighted by Crippen LogP contribution is -2.23. The zero-order valence-electron chi connectivity index (χ0n) is 9.29. The van der Waals surface area contributed by atoms with Gasteiger partial charge in [0.2, 0.25) is 0 Å². The molecule has 0 aliphatic heterocycles. The highest BCUT2D eigenvalue weighted by atomic mass is 19.3. The largest absolute Gasteiger partial charge is 0.432 e. The molecular formula is C11H14F3NO2. The number of rotatable bonds is 6. The molecule has 0 saturated heterocycles. The summed E-state index contributed by atoms with van der Waals surface area (Å²) in [7, 11) is 0. The molecule has 0 spiro atoms. The zero-order chi connectivity index (χ0) is 12.8. The van der Waals surface area contributed by atoms with E-state index in [-0.39, 0.29) is 0 Å². The molecule has 1 atom stereocenters. The summed E-state index contributed by atoms with van der Waals surface area (Å²) >= 11 is 0. The summed E-state index contributed by atoms with van der Waals surface area (Å²) in [5, 5.41) is 11.9. The molecule has 1 aromatic carbocycles. The molecule has 96 valence electrons. The molecule has 3 nitrogen and oxygen atoms in total. The lowest BCUT2D eigenvalue weighted by atomic mass is 10.2. The Balaban J connectivity index is 2.56. The fraction of sp³-hybridized carbons (Fsp3) is 0.455. The third-order valence-electron chi connectivity index (χ3n) is 1.98. The molecule has 0 aliphatic carbocycles. The molecule has 0 saturated carbocycles. The van der Waals surface area contributed by atoms with Crippen LogP contribution in [-0.2, 0) is 6.54 Å². The first kappa shape index (κ1) is 13.8. The van der Waals surface area contributed by atoms with Crippen LogP contribution in [0.5, 0.6) is 5.75 Å². The maximum absolute atomic E-state index is 13.3. The third-order valence-corrected chi connectivity index (χ3v) is 1.98. The quantitative estimate of drug-likeness (QED) is 0.809. The van der Waals surface area contributed by atoms with E-state index >= 15 is 0 Å². The van der Waals surface area contributed by atoms with E-state index in [1.54, 1.807) is 6.92 Å². The highest BCUT2D eigenvalue weighted by Crippen LogP contribution is 2.20. The third kappa shape index (κ3) is 5.06. The maximum atomic E-state index is 13.3. The van der Waals surface area contributed by atoms with Gasteiger partial charge in [-0.1, -0.05) is 6.07 Å². The number of aliphatic hydroxyl groups excluding tert-OH is 1. The van der Waals surface area contributed by atoms with Gasteiger partial charge in [-0.15, -0.1) is 0 Å². The lowest BCUT2D eigenvalue weighted by molar-refractivity contribution is -0.0522. The second-order valence-corrected chi connectivity index (χ2v) is 3.62. The van der Waals surface area contributed by atoms with Crippen molar-refractivity contribution in [2.75, 3.05) is 6.54 Å². The second-order valence-electron chi connectivity index (χ2n) is 3.62. The Kier molecular flexibility index (Phi) is 5.24. The van der Waals surface area contributed by atoms with Crippen molar-refractivity contribution in [3.05, 3.63) is 29.6 Å². The molecule has 0 radical (unpaired) electrons. The summed E-state index contributed by atoms with van der Waals surface area (Å²) in [5.74, 6) is -1.30. The first-order valence-electron chi connectivity index (χ1n) is 5.11. The van der Waals surface area contributed by atoms with Gasteiger partial charge >= 0.3 is 6.61 Å². The van der Waals surface area contributed by atoms with E-state index in [0.29, 0.717) is 18.7 Å². The Morgan fingerprint density at radius 1 is 1.41 bits per heavy atom. The second kappa shape index (κ2) is 6.46. The van der Waals surface area contributed by atoms with Crippen LogP contribution < -0.4 is 10.1 Å². The van der Waals surface area contributed by atoms with Gasteiger partial charge in [0.05, 0.1) is 6.10 Å². The summed E-state index contributed by atoms with van der Waals surface area (Å²) in [4.78, 5) is 0. The number of hydrogen-bond acceptors (Lipinski definition) is 3. The van der Waals surface area contributed by atoms with E-state index in [1.165, 1.54) is 6.07 Å². The number of hydrogen-bond donors (Lipinski definition) is 2. The van der Waals surface area contributed by atoms with Crippen LogP contribution >= 0.6 is 0 Å². The molecule has 0 fully saturated rings. The van der Waals surface area contributed by atoms with E-state index in [4.69, 9.17) is 5.11 Å². The molecule has 0 amide bonds. The number of alkyl halides is 2. The topological polar surface area (TPSA) is 41.5 Å². The van der Waals surface area contributed by atoms with Gasteiger partial charge in [0.15, 0.2) is 11.6 Å². The molecular weight excluding hydrogens is 235 g/mol. The summed E-state index contributed by atoms with van der Waals surface area (Å²) in [6, 6.07) is 3.75. The Morgan fingerprint density at radius 3 is 2.65 bits per heavy atom. The van der Waals surface area contributed by atoms with Crippen molar-refractivity contribution < 1.29 is 23.0 Å². The molecule has 2 N–H and O–H groups in total. The minimum Gasteiger partial charge on any atom is -0.432 e. The average molecular weight is 249 g/mol. The molecule has 17 heavy (non-hydrogen) atoms. The SMILES string of the molecule is CC(O)CNCc1ccc(OC(F)F)c(F)c1. The molecule has 0 aromatic heterocycles. The average Bonchev–Trinajstić information content (AvgIpc) is 2.21. The van der Waals surface area contributed by atoms with E-state index in [0.717, 1.165) is 12.1 Å². The van der Waals surface area contributed by atoms with Crippen molar-refractivity contribution >= 4 is 0 Å². The van der Waals surface area contributed by atoms with Crippen molar-refractivity contribution in [3.8, 4) is 5.75 Å². The molecule has 1 rings (SSSR count). The maximum Gasteiger partial charge on any atom is 0.387 e. The van der Waals surface area contributed by atoms with Gasteiger partial charge in [-0.3, -0.25) is 0 Å². The summed E-state index contributed by atoms with van der Waals surface area (Å²) < 4.78 is 41.0. The highest BCUT2D eigenvalue weighted by Gasteiger charge is 2.10. The van der Waals surface area contributed by atoms with Gasteiger partial charge in [-0.2, -0.15) is 8.78 Å². The smallest absolute Gasteiger partial charge is 0.387 e. The standard InChI is InChI=1S/C11H14F3NO2/c1-7(16)5-15-6-8-2-3-10(9(12)4-8)17-11(13)14/h2-4,7,11,15-16H,5-6H2,1H3. The number of ether oxygens (including phenoxy) is 1. The van der Waals surface area contributed by atoms with E-state index < -0.39 is 24.3 Å². The van der Waals surface area contributed by atoms with E-state index in [9.17, 15) is 13.2 Å². The fourth-order valence-corrected chi connectivity index (χ4v) is 1.27. The van der Waals surface area contributed by atoms with Gasteiger partial charge in [0.25, 0.3) is 0 Å². The van der Waals surface area contributed by atoms with Crippen LogP contribution in [0.3, 0.4) is 0 Å². The van der Waals surface area contributed by atoms with Gasteiger partial charge in [0, 0.05) is 13.1 Å². The van der Waals surface area contributed by atoms with Gasteiger partial charge < -0.3 is 15.2 Å². The molecule has 0 bridgehead atoms. The van der Waals surface area contributed by atoms with Crippen molar-refractivity contribution in [2.45, 2.75) is 26.2 Å². The monoisotopic (exact) mass is 249 g/mol. The van der Waals surface area contributed by atoms with E-state index in [1.807, 2.05) is 0 Å². The van der Waals surface area contributed by atoms with E-state index in [2.05, 4.69) is 10.1 Å². The lowest BCUT2D eigenvalue weighted by Gasteiger charge is -2.09. The number of benzene rings is 1. The minimum absolute atomic E-state index is 0.344. The molecule has 1 aromatic rings. The predicted molar refractivity (Wildman–Crippen MR) is 56.4 cm³/mol. The minimum atomic E-state index is -3.04. The van der Waals surface area contributed by atoms with Crippen molar-refractivity contribution in [1.82, 2.24) is 5.32 Å². The number of nitrogens with one attached hydrogen (secondary N) is 1. The van der Waals surface area contributed by atoms with Crippen LogP contribution in [0.25, 0.3) is 0 Å². The van der Waals surface area contributed by atoms with Crippen LogP contribution in [0.15, 0.2) is 18.2 Å². The molecule has 0 aliphatic rings. The van der Waals surface area contributed by atoms with Gasteiger partial charge in [-0.05, 0) is 24.6 Å². The van der Waals surface area contributed by atoms with Crippen LogP contribution in [-0.4, -0.2) is 24.4 Å². The van der Waals surface area contributed by atoms with Crippen molar-refractivity contribution in [3.63, 3.8) is 0 Å². The number of halogens is 3. The fourth-order valence-electron chi connectivity index (χ4n) is 1.27. The van der Waals surface area contributed by atoms with Crippen LogP contribution in [0, 0.1) is 5.82 Å². The first-order valence-corrected chi connectivity index (χ1v) is 5.11. The summed E-state index contributed by atoms with van der Waals surface area (Å²) in [6.45, 7) is -0.704. The Labute approximate surface area is 97.2 Å². The van der Waals surface area contributed by atoms with Crippen molar-refractivity contribution in [2.24, 2.45) is 0 Å². The van der Waals surface area contributed by atoms with Gasteiger partial charge in [0.1, 0.15) is 0 Å². The Morgan fingerprint density at radius 2 is 2.12 bits per heavy atom. The summed E-state index contributed by atoms with van der Waals surface area (Å²) in [6.07, 6.45) is -0.499. The first-order chi connectivity index (χ1) is 7.99. The highest BCUT2D eigenvalue weighted by molar-refractivity contribution is 5.29. The van der Waals surface area contributed by atoms with Crippen LogP contribution in [0.1, 0.15) is 12.5 Å². The van der Waals surface area contributed by atoms with Crippen LogP contribution in [0.2, 0.25) is 0 Å². The van der Waals surface area contributed by atoms with Gasteiger partial charge in [-0.25, -0.2) is 4.39 Å². The summed E-state index contributed by atoms with van der Waals surface area (Å²) in [5.41, 5.74) is 0.588. The van der Waals surface area contributed by atoms with Crippen molar-refractivity contribution in [1.29, 1.82) is 0 Å². The van der Waals surface area contributed by atoms with Crippen LogP contribution in [0.4, 0.5) is 13.2 Å². The Bertz CT molecular complexity index is 359. The molecule has 1 unspecified atom stereocenters. The number of aliphatic hydroxyl groups is 1. The normalized spacial score (nSPS) is 12.8. The zero-order valence-corrected chi connectivity index (χ0v) is 9.29. The Hall–Kier alpha value is -1.27. The molecule has 0 heterocycles.